The molecule has 3 heteroatoms. The standard InChI is InChI=1S/C17H19NOS/c1-2-11-5-6-14-13(10-11)17-12(7-8-19-17)16(18-14)15-4-3-9-20-15/h3-6,9-10,12,16-18H,2,7-8H2,1H3/t12-,16-,17-/m1/s1. The van der Waals surface area contributed by atoms with Gasteiger partial charge >= 0.3 is 0 Å². The molecule has 1 fully saturated rings. The van der Waals surface area contributed by atoms with Gasteiger partial charge in [0.15, 0.2) is 0 Å². The van der Waals surface area contributed by atoms with Crippen molar-refractivity contribution in [2.24, 2.45) is 5.92 Å². The number of aryl methyl sites for hydroxylation is 1. The maximum atomic E-state index is 6.08. The van der Waals surface area contributed by atoms with Crippen molar-refractivity contribution < 1.29 is 4.74 Å². The van der Waals surface area contributed by atoms with Crippen LogP contribution in [-0.4, -0.2) is 6.61 Å². The predicted octanol–water partition coefficient (Wildman–Crippen LogP) is 4.55. The van der Waals surface area contributed by atoms with E-state index in [0.29, 0.717) is 12.0 Å². The van der Waals surface area contributed by atoms with Crippen molar-refractivity contribution in [1.29, 1.82) is 0 Å². The molecular formula is C17H19NOS. The third-order valence-electron chi connectivity index (χ3n) is 4.56. The fourth-order valence-electron chi connectivity index (χ4n) is 3.49. The third kappa shape index (κ3) is 1.88. The van der Waals surface area contributed by atoms with Gasteiger partial charge in [-0.2, -0.15) is 0 Å². The average molecular weight is 285 g/mol. The maximum Gasteiger partial charge on any atom is 0.0897 e. The van der Waals surface area contributed by atoms with Gasteiger partial charge in [-0.1, -0.05) is 25.1 Å². The Morgan fingerprint density at radius 2 is 2.30 bits per heavy atom. The lowest BCUT2D eigenvalue weighted by molar-refractivity contribution is 0.0832. The number of hydrogen-bond donors (Lipinski definition) is 1. The third-order valence-corrected chi connectivity index (χ3v) is 5.51. The number of fused-ring (bicyclic) bond motifs is 3. The van der Waals surface area contributed by atoms with Gasteiger partial charge in [-0.25, -0.2) is 0 Å². The first-order valence-electron chi connectivity index (χ1n) is 7.41. The molecule has 104 valence electrons. The number of nitrogens with one attached hydrogen (secondary N) is 1. The summed E-state index contributed by atoms with van der Waals surface area (Å²) >= 11 is 1.84. The van der Waals surface area contributed by atoms with Crippen molar-refractivity contribution in [1.82, 2.24) is 0 Å². The molecule has 2 aromatic rings. The van der Waals surface area contributed by atoms with Gasteiger partial charge in [0, 0.05) is 28.7 Å². The zero-order chi connectivity index (χ0) is 13.5. The molecule has 2 aliphatic rings. The maximum absolute atomic E-state index is 6.08. The van der Waals surface area contributed by atoms with Crippen LogP contribution in [-0.2, 0) is 11.2 Å². The molecule has 0 unspecified atom stereocenters. The molecule has 1 aromatic carbocycles. The van der Waals surface area contributed by atoms with Crippen LogP contribution in [0, 0.1) is 5.92 Å². The molecule has 1 saturated heterocycles. The molecule has 0 amide bonds. The van der Waals surface area contributed by atoms with Crippen LogP contribution in [0.3, 0.4) is 0 Å². The fourth-order valence-corrected chi connectivity index (χ4v) is 4.34. The van der Waals surface area contributed by atoms with E-state index in [9.17, 15) is 0 Å². The van der Waals surface area contributed by atoms with Crippen LogP contribution in [0.5, 0.6) is 0 Å². The van der Waals surface area contributed by atoms with Gasteiger partial charge in [0.05, 0.1) is 12.1 Å². The van der Waals surface area contributed by atoms with E-state index < -0.39 is 0 Å². The van der Waals surface area contributed by atoms with E-state index in [2.05, 4.69) is 48.0 Å². The van der Waals surface area contributed by atoms with E-state index in [4.69, 9.17) is 4.74 Å². The number of anilines is 1. The van der Waals surface area contributed by atoms with E-state index in [1.54, 1.807) is 0 Å². The van der Waals surface area contributed by atoms with Crippen molar-refractivity contribution in [3.8, 4) is 0 Å². The highest BCUT2D eigenvalue weighted by Gasteiger charge is 2.41. The van der Waals surface area contributed by atoms with Gasteiger partial charge in [0.2, 0.25) is 0 Å². The Morgan fingerprint density at radius 3 is 3.10 bits per heavy atom. The summed E-state index contributed by atoms with van der Waals surface area (Å²) in [5.41, 5.74) is 4.01. The summed E-state index contributed by atoms with van der Waals surface area (Å²) in [6, 6.07) is 11.6. The molecule has 1 aromatic heterocycles. The summed E-state index contributed by atoms with van der Waals surface area (Å²) in [7, 11) is 0. The Labute approximate surface area is 123 Å². The molecule has 0 bridgehead atoms. The highest BCUT2D eigenvalue weighted by Crippen LogP contribution is 2.50. The zero-order valence-electron chi connectivity index (χ0n) is 11.6. The lowest BCUT2D eigenvalue weighted by Gasteiger charge is -2.36. The summed E-state index contributed by atoms with van der Waals surface area (Å²) in [6.45, 7) is 3.09. The van der Waals surface area contributed by atoms with Crippen molar-refractivity contribution >= 4 is 17.0 Å². The summed E-state index contributed by atoms with van der Waals surface area (Å²) in [4.78, 5) is 1.43. The minimum absolute atomic E-state index is 0.268. The second-order valence-corrected chi connectivity index (χ2v) is 6.64. The van der Waals surface area contributed by atoms with Crippen LogP contribution in [0.15, 0.2) is 35.7 Å². The SMILES string of the molecule is CCc1ccc2c(c1)[C@@H]1OCC[C@@H]1[C@H](c1cccs1)N2. The number of hydrogen-bond acceptors (Lipinski definition) is 3. The number of ether oxygens (including phenoxy) is 1. The molecule has 20 heavy (non-hydrogen) atoms. The summed E-state index contributed by atoms with van der Waals surface area (Å²) in [5.74, 6) is 0.563. The van der Waals surface area contributed by atoms with E-state index >= 15 is 0 Å². The van der Waals surface area contributed by atoms with Crippen molar-refractivity contribution in [3.63, 3.8) is 0 Å². The first kappa shape index (κ1) is 12.4. The fraction of sp³-hybridized carbons (Fsp3) is 0.412. The molecule has 2 aliphatic heterocycles. The van der Waals surface area contributed by atoms with Crippen LogP contribution >= 0.6 is 11.3 Å². The van der Waals surface area contributed by atoms with Gasteiger partial charge in [-0.15, -0.1) is 11.3 Å². The van der Waals surface area contributed by atoms with Crippen LogP contribution in [0.4, 0.5) is 5.69 Å². The summed E-state index contributed by atoms with van der Waals surface area (Å²) < 4.78 is 6.08. The van der Waals surface area contributed by atoms with Crippen LogP contribution in [0.2, 0.25) is 0 Å². The second-order valence-electron chi connectivity index (χ2n) is 5.66. The number of benzene rings is 1. The molecule has 0 spiro atoms. The zero-order valence-corrected chi connectivity index (χ0v) is 12.5. The minimum atomic E-state index is 0.268. The van der Waals surface area contributed by atoms with Gasteiger partial charge in [0.1, 0.15) is 0 Å². The first-order valence-corrected chi connectivity index (χ1v) is 8.29. The van der Waals surface area contributed by atoms with Crippen LogP contribution in [0.25, 0.3) is 0 Å². The largest absolute Gasteiger partial charge is 0.377 e. The highest BCUT2D eigenvalue weighted by atomic mass is 32.1. The van der Waals surface area contributed by atoms with Crippen molar-refractivity contribution in [3.05, 3.63) is 51.7 Å². The van der Waals surface area contributed by atoms with Gasteiger partial charge in [-0.05, 0) is 35.9 Å². The second kappa shape index (κ2) is 4.90. The predicted molar refractivity (Wildman–Crippen MR) is 83.3 cm³/mol. The van der Waals surface area contributed by atoms with Gasteiger partial charge in [0.25, 0.3) is 0 Å². The monoisotopic (exact) mass is 285 g/mol. The molecule has 0 saturated carbocycles. The molecular weight excluding hydrogens is 266 g/mol. The van der Waals surface area contributed by atoms with E-state index in [-0.39, 0.29) is 6.10 Å². The Morgan fingerprint density at radius 1 is 1.35 bits per heavy atom. The van der Waals surface area contributed by atoms with Crippen molar-refractivity contribution in [2.75, 3.05) is 11.9 Å². The summed E-state index contributed by atoms with van der Waals surface area (Å²) in [5, 5.41) is 5.92. The smallest absolute Gasteiger partial charge is 0.0897 e. The molecule has 1 N–H and O–H groups in total. The van der Waals surface area contributed by atoms with Crippen LogP contribution in [0.1, 0.15) is 41.5 Å². The Kier molecular flexibility index (Phi) is 3.04. The van der Waals surface area contributed by atoms with Gasteiger partial charge in [-0.3, -0.25) is 0 Å². The topological polar surface area (TPSA) is 21.3 Å². The van der Waals surface area contributed by atoms with Gasteiger partial charge < -0.3 is 10.1 Å². The Balaban J connectivity index is 1.78. The first-order chi connectivity index (χ1) is 9.86. The van der Waals surface area contributed by atoms with Crippen LogP contribution < -0.4 is 5.32 Å². The van der Waals surface area contributed by atoms with E-state index in [1.807, 2.05) is 11.3 Å². The van der Waals surface area contributed by atoms with E-state index in [0.717, 1.165) is 19.4 Å². The lowest BCUT2D eigenvalue weighted by Crippen LogP contribution is -2.28. The normalized spacial score (nSPS) is 27.8. The molecule has 0 radical (unpaired) electrons. The molecule has 0 aliphatic carbocycles. The molecule has 3 heterocycles. The highest BCUT2D eigenvalue weighted by molar-refractivity contribution is 7.10. The number of thiophene rings is 1. The molecule has 2 nitrogen and oxygen atoms in total. The Hall–Kier alpha value is -1.32. The Bertz CT molecular complexity index is 607. The number of rotatable bonds is 2. The lowest BCUT2D eigenvalue weighted by atomic mass is 9.83. The summed E-state index contributed by atoms with van der Waals surface area (Å²) in [6.07, 6.45) is 2.50. The van der Waals surface area contributed by atoms with Crippen molar-refractivity contribution in [2.45, 2.75) is 31.9 Å². The average Bonchev–Trinajstić information content (AvgIpc) is 3.17. The van der Waals surface area contributed by atoms with E-state index in [1.165, 1.54) is 21.7 Å². The quantitative estimate of drug-likeness (QED) is 0.873. The molecule has 3 atom stereocenters. The molecule has 4 rings (SSSR count). The minimum Gasteiger partial charge on any atom is -0.377 e.